The predicted molar refractivity (Wildman–Crippen MR) is 134 cm³/mol. The van der Waals surface area contributed by atoms with Crippen LogP contribution in [0.25, 0.3) is 6.08 Å². The topological polar surface area (TPSA) is 83.5 Å². The third kappa shape index (κ3) is 5.82. The van der Waals surface area contributed by atoms with E-state index in [1.54, 1.807) is 32.4 Å². The second-order valence-electron chi connectivity index (χ2n) is 9.14. The lowest BCUT2D eigenvalue weighted by molar-refractivity contribution is -0.153. The zero-order valence-electron chi connectivity index (χ0n) is 21.1. The van der Waals surface area contributed by atoms with Crippen molar-refractivity contribution < 1.29 is 33.3 Å². The molecule has 2 aromatic carbocycles. The molecule has 36 heavy (non-hydrogen) atoms. The van der Waals surface area contributed by atoms with Crippen molar-refractivity contribution in [2.75, 3.05) is 28.4 Å². The quantitative estimate of drug-likeness (QED) is 0.385. The molecule has 192 valence electrons. The van der Waals surface area contributed by atoms with Crippen molar-refractivity contribution in [2.45, 2.75) is 50.0 Å². The Hall–Kier alpha value is -3.52. The largest absolute Gasteiger partial charge is 0.493 e. The summed E-state index contributed by atoms with van der Waals surface area (Å²) in [5, 5.41) is 0. The number of rotatable bonds is 9. The monoisotopic (exact) mass is 495 g/mol. The molecule has 0 unspecified atom stereocenters. The molecule has 0 radical (unpaired) electrons. The maximum Gasteiger partial charge on any atom is 0.331 e. The van der Waals surface area contributed by atoms with E-state index < -0.39 is 5.97 Å². The molecule has 2 saturated heterocycles. The number of fused-ring (bicyclic) bond motifs is 2. The van der Waals surface area contributed by atoms with Crippen LogP contribution in [0.3, 0.4) is 0 Å². The Labute approximate surface area is 211 Å². The van der Waals surface area contributed by atoms with Gasteiger partial charge >= 0.3 is 11.9 Å². The molecular formula is C28H33NO7. The number of likely N-dealkylation sites (N-methyl/N-ethyl adjacent to an activating group) is 1. The zero-order valence-corrected chi connectivity index (χ0v) is 21.1. The molecule has 0 N–H and O–H groups in total. The second-order valence-corrected chi connectivity index (χ2v) is 9.14. The van der Waals surface area contributed by atoms with Crippen molar-refractivity contribution in [3.05, 3.63) is 59.7 Å². The molecule has 4 atom stereocenters. The Bertz CT molecular complexity index is 1080. The minimum atomic E-state index is -0.424. The Morgan fingerprint density at radius 2 is 1.64 bits per heavy atom. The molecule has 0 amide bonds. The molecule has 0 aromatic heterocycles. The molecule has 4 rings (SSSR count). The van der Waals surface area contributed by atoms with Gasteiger partial charge in [0, 0.05) is 31.4 Å². The van der Waals surface area contributed by atoms with Crippen molar-refractivity contribution in [1.29, 1.82) is 0 Å². The van der Waals surface area contributed by atoms with Crippen LogP contribution in [0, 0.1) is 0 Å². The van der Waals surface area contributed by atoms with Crippen LogP contribution in [0.4, 0.5) is 0 Å². The maximum atomic E-state index is 12.7. The van der Waals surface area contributed by atoms with Crippen LogP contribution in [0.2, 0.25) is 0 Å². The minimum Gasteiger partial charge on any atom is -0.493 e. The molecule has 0 spiro atoms. The Morgan fingerprint density at radius 1 is 0.944 bits per heavy atom. The van der Waals surface area contributed by atoms with Gasteiger partial charge in [-0.25, -0.2) is 4.79 Å². The third-order valence-corrected chi connectivity index (χ3v) is 6.93. The highest BCUT2D eigenvalue weighted by molar-refractivity contribution is 5.87. The maximum absolute atomic E-state index is 12.7. The Kier molecular flexibility index (Phi) is 8.15. The number of carbonyl (C=O) groups excluding carboxylic acids is 2. The summed E-state index contributed by atoms with van der Waals surface area (Å²) in [6.45, 7) is 0. The molecule has 2 aromatic rings. The number of hydrogen-bond donors (Lipinski definition) is 0. The van der Waals surface area contributed by atoms with E-state index in [2.05, 4.69) is 4.90 Å². The van der Waals surface area contributed by atoms with Crippen LogP contribution in [0.15, 0.2) is 48.5 Å². The fraction of sp³-hybridized carbons (Fsp3) is 0.429. The third-order valence-electron chi connectivity index (χ3n) is 6.93. The molecule has 8 heteroatoms. The number of piperidine rings is 1. The standard InChI is InChI=1S/C28H33NO7/c1-29-20-15-21(35-27(31)14-18-8-6-5-7-9-18)17-22(29)23(16-20)36-26(30)11-10-19-12-24(32-2)28(34-4)25(13-19)33-3/h5-13,20-23H,14-17H2,1-4H3/b11-10-/t20-,21-,22+,23+/m0/s1. The van der Waals surface area contributed by atoms with Gasteiger partial charge in [0.15, 0.2) is 11.5 Å². The molecule has 0 aliphatic carbocycles. The number of benzene rings is 2. The first kappa shape index (κ1) is 25.6. The Morgan fingerprint density at radius 3 is 2.28 bits per heavy atom. The van der Waals surface area contributed by atoms with Crippen LogP contribution < -0.4 is 14.2 Å². The summed E-state index contributed by atoms with van der Waals surface area (Å²) in [6, 6.07) is 13.3. The fourth-order valence-corrected chi connectivity index (χ4v) is 5.14. The summed E-state index contributed by atoms with van der Waals surface area (Å²) < 4.78 is 27.7. The highest BCUT2D eigenvalue weighted by Crippen LogP contribution is 2.39. The highest BCUT2D eigenvalue weighted by atomic mass is 16.6. The van der Waals surface area contributed by atoms with Crippen molar-refractivity contribution in [1.82, 2.24) is 4.90 Å². The van der Waals surface area contributed by atoms with Gasteiger partial charge in [0.25, 0.3) is 0 Å². The lowest BCUT2D eigenvalue weighted by Gasteiger charge is -2.36. The van der Waals surface area contributed by atoms with Gasteiger partial charge in [0.2, 0.25) is 5.75 Å². The summed E-state index contributed by atoms with van der Waals surface area (Å²) in [5.41, 5.74) is 1.65. The van der Waals surface area contributed by atoms with Crippen LogP contribution in [0.5, 0.6) is 17.2 Å². The average Bonchev–Trinajstić information content (AvgIpc) is 3.04. The van der Waals surface area contributed by atoms with Crippen LogP contribution in [-0.4, -0.2) is 69.5 Å². The van der Waals surface area contributed by atoms with Crippen molar-refractivity contribution >= 4 is 18.0 Å². The molecular weight excluding hydrogens is 462 g/mol. The fourth-order valence-electron chi connectivity index (χ4n) is 5.14. The van der Waals surface area contributed by atoms with Crippen LogP contribution in [0.1, 0.15) is 30.4 Å². The van der Waals surface area contributed by atoms with E-state index in [-0.39, 0.29) is 36.7 Å². The van der Waals surface area contributed by atoms with Gasteiger partial charge in [-0.05, 0) is 36.4 Å². The Balaban J connectivity index is 1.35. The predicted octanol–water partition coefficient (Wildman–Crippen LogP) is 3.66. The molecule has 2 aliphatic rings. The summed E-state index contributed by atoms with van der Waals surface area (Å²) in [6.07, 6.45) is 4.99. The zero-order chi connectivity index (χ0) is 25.7. The average molecular weight is 496 g/mol. The van der Waals surface area contributed by atoms with E-state index in [1.165, 1.54) is 13.2 Å². The van der Waals surface area contributed by atoms with Crippen LogP contribution >= 0.6 is 0 Å². The van der Waals surface area contributed by atoms with Gasteiger partial charge in [-0.2, -0.15) is 0 Å². The summed E-state index contributed by atoms with van der Waals surface area (Å²) in [5.74, 6) is 0.845. The number of carbonyl (C=O) groups is 2. The van der Waals surface area contributed by atoms with Gasteiger partial charge in [-0.15, -0.1) is 0 Å². The summed E-state index contributed by atoms with van der Waals surface area (Å²) in [4.78, 5) is 27.4. The van der Waals surface area contributed by atoms with E-state index in [0.717, 1.165) is 18.4 Å². The van der Waals surface area contributed by atoms with Gasteiger partial charge in [0.1, 0.15) is 12.2 Å². The molecule has 2 bridgehead atoms. The first-order chi connectivity index (χ1) is 17.4. The first-order valence-corrected chi connectivity index (χ1v) is 12.1. The number of methoxy groups -OCH3 is 3. The minimum absolute atomic E-state index is 0.0109. The van der Waals surface area contributed by atoms with Gasteiger partial charge in [0.05, 0.1) is 33.8 Å². The van der Waals surface area contributed by atoms with Crippen molar-refractivity contribution in [2.24, 2.45) is 0 Å². The van der Waals surface area contributed by atoms with Crippen molar-refractivity contribution in [3.63, 3.8) is 0 Å². The number of esters is 2. The molecule has 8 nitrogen and oxygen atoms in total. The lowest BCUT2D eigenvalue weighted by atomic mass is 10.00. The van der Waals surface area contributed by atoms with E-state index in [4.69, 9.17) is 23.7 Å². The number of hydrogen-bond acceptors (Lipinski definition) is 8. The second kappa shape index (κ2) is 11.5. The molecule has 2 aliphatic heterocycles. The summed E-state index contributed by atoms with van der Waals surface area (Å²) >= 11 is 0. The molecule has 0 saturated carbocycles. The first-order valence-electron chi connectivity index (χ1n) is 12.1. The van der Waals surface area contributed by atoms with Crippen LogP contribution in [-0.2, 0) is 25.5 Å². The van der Waals surface area contributed by atoms with E-state index >= 15 is 0 Å². The van der Waals surface area contributed by atoms with E-state index in [0.29, 0.717) is 29.2 Å². The highest BCUT2D eigenvalue weighted by Gasteiger charge is 2.47. The van der Waals surface area contributed by atoms with Gasteiger partial charge in [-0.1, -0.05) is 30.3 Å². The number of ether oxygens (including phenoxy) is 5. The number of nitrogens with zero attached hydrogens (tertiary/aromatic N) is 1. The molecule has 2 fully saturated rings. The summed E-state index contributed by atoms with van der Waals surface area (Å²) in [7, 11) is 6.66. The SMILES string of the molecule is COc1cc(/C=C\C(=O)O[C@@H]2C[C@@H]3C[C@H](OC(=O)Cc4ccccc4)C[C@H]2N3C)cc(OC)c1OC. The normalized spacial score (nSPS) is 23.3. The molecule has 2 heterocycles. The smallest absolute Gasteiger partial charge is 0.331 e. The van der Waals surface area contributed by atoms with E-state index in [9.17, 15) is 9.59 Å². The lowest BCUT2D eigenvalue weighted by Crippen LogP contribution is -2.46. The van der Waals surface area contributed by atoms with Crippen molar-refractivity contribution in [3.8, 4) is 17.2 Å². The van der Waals surface area contributed by atoms with Gasteiger partial charge < -0.3 is 23.7 Å². The van der Waals surface area contributed by atoms with Gasteiger partial charge in [-0.3, -0.25) is 9.69 Å². The van der Waals surface area contributed by atoms with E-state index in [1.807, 2.05) is 37.4 Å².